The molecule has 0 aliphatic rings. The number of rotatable bonds is 1. The van der Waals surface area contributed by atoms with Gasteiger partial charge in [0.15, 0.2) is 0 Å². The van der Waals surface area contributed by atoms with Crippen LogP contribution in [-0.2, 0) is 0 Å². The first-order valence-electron chi connectivity index (χ1n) is 5.47. The Bertz CT molecular complexity index is 612. The van der Waals surface area contributed by atoms with Crippen molar-refractivity contribution in [3.63, 3.8) is 0 Å². The Balaban J connectivity index is 0.000000514. The fraction of sp³-hybridized carbons (Fsp3) is 0.167. The smallest absolute Gasteiger partial charge is 0.136 e. The van der Waals surface area contributed by atoms with Crippen LogP contribution in [0.1, 0.15) is 13.8 Å². The molecule has 0 saturated carbocycles. The molecule has 0 amide bonds. The summed E-state index contributed by atoms with van der Waals surface area (Å²) >= 11 is 1.48. The summed E-state index contributed by atoms with van der Waals surface area (Å²) in [5.74, 6) is 0. The number of thiazole rings is 1. The van der Waals surface area contributed by atoms with Crippen molar-refractivity contribution in [2.24, 2.45) is 0 Å². The van der Waals surface area contributed by atoms with Crippen LogP contribution in [0, 0.1) is 0 Å². The van der Waals surface area contributed by atoms with Crippen molar-refractivity contribution >= 4 is 22.0 Å². The Morgan fingerprint density at radius 1 is 1.24 bits per heavy atom. The Morgan fingerprint density at radius 3 is 2.76 bits per heavy atom. The van der Waals surface area contributed by atoms with Gasteiger partial charge < -0.3 is 10.1 Å². The average molecular weight is 246 g/mol. The third-order valence-electron chi connectivity index (χ3n) is 2.16. The standard InChI is InChI=1S/C10H8N4S.C2H6/c11-8-5-13-10(15-8)7-1-2-9-12-3-4-14(9)6-7;1-2/h1-6H,11H2;1-2H3. The first-order valence-corrected chi connectivity index (χ1v) is 6.29. The topological polar surface area (TPSA) is 56.2 Å². The molecule has 0 radical (unpaired) electrons. The van der Waals surface area contributed by atoms with Gasteiger partial charge in [0.1, 0.15) is 15.7 Å². The lowest BCUT2D eigenvalue weighted by molar-refractivity contribution is 1.18. The molecule has 3 aromatic heterocycles. The number of nitrogen functional groups attached to an aromatic ring is 1. The SMILES string of the molecule is CC.Nc1cnc(-c2ccc3nccn3c2)s1. The fourth-order valence-electron chi connectivity index (χ4n) is 1.47. The average Bonchev–Trinajstić information content (AvgIpc) is 2.99. The van der Waals surface area contributed by atoms with E-state index in [2.05, 4.69) is 9.97 Å². The number of hydrogen-bond acceptors (Lipinski definition) is 4. The van der Waals surface area contributed by atoms with Gasteiger partial charge in [-0.05, 0) is 12.1 Å². The largest absolute Gasteiger partial charge is 0.389 e. The predicted octanol–water partition coefficient (Wildman–Crippen LogP) is 3.07. The second-order valence-corrected chi connectivity index (χ2v) is 4.24. The maximum absolute atomic E-state index is 5.65. The predicted molar refractivity (Wildman–Crippen MR) is 72.1 cm³/mol. The molecule has 2 N–H and O–H groups in total. The van der Waals surface area contributed by atoms with Gasteiger partial charge in [-0.15, -0.1) is 0 Å². The van der Waals surface area contributed by atoms with Gasteiger partial charge in [0.05, 0.1) is 6.20 Å². The minimum Gasteiger partial charge on any atom is -0.389 e. The summed E-state index contributed by atoms with van der Waals surface area (Å²) in [5, 5.41) is 1.67. The van der Waals surface area contributed by atoms with Gasteiger partial charge in [-0.1, -0.05) is 25.2 Å². The molecule has 4 nitrogen and oxygen atoms in total. The molecule has 0 bridgehead atoms. The number of imidazole rings is 1. The highest BCUT2D eigenvalue weighted by atomic mass is 32.1. The Labute approximate surface area is 104 Å². The lowest BCUT2D eigenvalue weighted by Crippen LogP contribution is -1.84. The van der Waals surface area contributed by atoms with Crippen molar-refractivity contribution in [1.82, 2.24) is 14.4 Å². The monoisotopic (exact) mass is 246 g/mol. The number of fused-ring (bicyclic) bond motifs is 1. The number of pyridine rings is 1. The zero-order valence-electron chi connectivity index (χ0n) is 9.79. The van der Waals surface area contributed by atoms with Crippen LogP contribution in [0.4, 0.5) is 5.00 Å². The second kappa shape index (κ2) is 4.97. The molecule has 17 heavy (non-hydrogen) atoms. The van der Waals surface area contributed by atoms with Crippen LogP contribution in [0.3, 0.4) is 0 Å². The highest BCUT2D eigenvalue weighted by molar-refractivity contribution is 7.18. The molecule has 0 aliphatic carbocycles. The third-order valence-corrected chi connectivity index (χ3v) is 3.03. The normalized spacial score (nSPS) is 10.0. The second-order valence-electron chi connectivity index (χ2n) is 3.18. The van der Waals surface area contributed by atoms with Gasteiger partial charge in [-0.25, -0.2) is 9.97 Å². The van der Waals surface area contributed by atoms with E-state index in [0.717, 1.165) is 21.2 Å². The molecule has 3 rings (SSSR count). The van der Waals surface area contributed by atoms with E-state index in [1.165, 1.54) is 11.3 Å². The molecule has 0 spiro atoms. The molecule has 88 valence electrons. The van der Waals surface area contributed by atoms with E-state index in [0.29, 0.717) is 0 Å². The maximum atomic E-state index is 5.65. The van der Waals surface area contributed by atoms with E-state index in [1.54, 1.807) is 12.4 Å². The van der Waals surface area contributed by atoms with Crippen LogP contribution in [0.5, 0.6) is 0 Å². The Kier molecular flexibility index (Phi) is 3.39. The van der Waals surface area contributed by atoms with Crippen molar-refractivity contribution in [3.8, 4) is 10.6 Å². The molecule has 0 atom stereocenters. The maximum Gasteiger partial charge on any atom is 0.136 e. The third kappa shape index (κ3) is 2.29. The van der Waals surface area contributed by atoms with Gasteiger partial charge in [-0.2, -0.15) is 0 Å². The van der Waals surface area contributed by atoms with E-state index in [9.17, 15) is 0 Å². The number of hydrogen-bond donors (Lipinski definition) is 1. The van der Waals surface area contributed by atoms with Crippen LogP contribution in [0.2, 0.25) is 0 Å². The molecule has 0 unspecified atom stereocenters. The number of anilines is 1. The van der Waals surface area contributed by atoms with Crippen molar-refractivity contribution in [2.75, 3.05) is 5.73 Å². The van der Waals surface area contributed by atoms with Crippen molar-refractivity contribution in [2.45, 2.75) is 13.8 Å². The van der Waals surface area contributed by atoms with Crippen LogP contribution in [0.25, 0.3) is 16.2 Å². The molecule has 3 heterocycles. The zero-order chi connectivity index (χ0) is 12.3. The van der Waals surface area contributed by atoms with E-state index in [-0.39, 0.29) is 0 Å². The quantitative estimate of drug-likeness (QED) is 0.718. The number of nitrogens with zero attached hydrogens (tertiary/aromatic N) is 3. The molecular formula is C12H14N4S. The lowest BCUT2D eigenvalue weighted by Gasteiger charge is -1.97. The first-order chi connectivity index (χ1) is 8.33. The summed E-state index contributed by atoms with van der Waals surface area (Å²) in [5.41, 5.74) is 7.64. The summed E-state index contributed by atoms with van der Waals surface area (Å²) in [6, 6.07) is 3.97. The van der Waals surface area contributed by atoms with Crippen LogP contribution in [-0.4, -0.2) is 14.4 Å². The molecule has 5 heteroatoms. The molecule has 0 aliphatic heterocycles. The van der Waals surface area contributed by atoms with Gasteiger partial charge in [0, 0.05) is 24.2 Å². The van der Waals surface area contributed by atoms with E-state index < -0.39 is 0 Å². The summed E-state index contributed by atoms with van der Waals surface area (Å²) in [4.78, 5) is 8.42. The van der Waals surface area contributed by atoms with Gasteiger partial charge >= 0.3 is 0 Å². The van der Waals surface area contributed by atoms with Crippen LogP contribution < -0.4 is 5.73 Å². The van der Waals surface area contributed by atoms with E-state index in [4.69, 9.17) is 5.73 Å². The molecule has 3 aromatic rings. The minimum atomic E-state index is 0.732. The Hall–Kier alpha value is -1.88. The van der Waals surface area contributed by atoms with Gasteiger partial charge in [0.2, 0.25) is 0 Å². The first kappa shape index (κ1) is 11.6. The summed E-state index contributed by atoms with van der Waals surface area (Å²) in [7, 11) is 0. The minimum absolute atomic E-state index is 0.732. The van der Waals surface area contributed by atoms with Crippen LogP contribution >= 0.6 is 11.3 Å². The lowest BCUT2D eigenvalue weighted by atomic mass is 10.3. The fourth-order valence-corrected chi connectivity index (χ4v) is 2.14. The molecule has 0 aromatic carbocycles. The highest BCUT2D eigenvalue weighted by Gasteiger charge is 2.03. The molecular weight excluding hydrogens is 232 g/mol. The molecule has 0 fully saturated rings. The highest BCUT2D eigenvalue weighted by Crippen LogP contribution is 2.26. The van der Waals surface area contributed by atoms with E-state index >= 15 is 0 Å². The van der Waals surface area contributed by atoms with Crippen molar-refractivity contribution in [1.29, 1.82) is 0 Å². The van der Waals surface area contributed by atoms with Crippen LogP contribution in [0.15, 0.2) is 36.9 Å². The number of aromatic nitrogens is 3. The summed E-state index contributed by atoms with van der Waals surface area (Å²) < 4.78 is 1.97. The summed E-state index contributed by atoms with van der Waals surface area (Å²) in [6.45, 7) is 4.00. The zero-order valence-corrected chi connectivity index (χ0v) is 10.6. The Morgan fingerprint density at radius 2 is 2.06 bits per heavy atom. The molecule has 0 saturated heterocycles. The van der Waals surface area contributed by atoms with Crippen molar-refractivity contribution in [3.05, 3.63) is 36.9 Å². The van der Waals surface area contributed by atoms with E-state index in [1.807, 2.05) is 42.8 Å². The number of nitrogens with two attached hydrogens (primary N) is 1. The van der Waals surface area contributed by atoms with Gasteiger partial charge in [0.25, 0.3) is 0 Å². The van der Waals surface area contributed by atoms with Gasteiger partial charge in [-0.3, -0.25) is 0 Å². The van der Waals surface area contributed by atoms with Crippen molar-refractivity contribution < 1.29 is 0 Å². The summed E-state index contributed by atoms with van der Waals surface area (Å²) in [6.07, 6.45) is 7.36.